The number of rotatable bonds is 6. The van der Waals surface area contributed by atoms with Crippen molar-refractivity contribution in [2.24, 2.45) is 0 Å². The normalized spacial score (nSPS) is 19.9. The first-order valence-corrected chi connectivity index (χ1v) is 7.00. The van der Waals surface area contributed by atoms with E-state index in [2.05, 4.69) is 11.9 Å². The van der Waals surface area contributed by atoms with Crippen molar-refractivity contribution >= 4 is 5.91 Å². The van der Waals surface area contributed by atoms with E-state index in [1.165, 1.54) is 0 Å². The van der Waals surface area contributed by atoms with Crippen LogP contribution in [0.15, 0.2) is 36.4 Å². The maximum Gasteiger partial charge on any atom is 0.265 e. The Morgan fingerprint density at radius 1 is 1.33 bits per heavy atom. The van der Waals surface area contributed by atoms with Crippen molar-refractivity contribution < 1.29 is 19.0 Å². The average molecular weight is 291 g/mol. The predicted molar refractivity (Wildman–Crippen MR) is 79.6 cm³/mol. The zero-order valence-electron chi connectivity index (χ0n) is 12.4. The van der Waals surface area contributed by atoms with Crippen molar-refractivity contribution in [2.75, 3.05) is 19.8 Å². The monoisotopic (exact) mass is 291 g/mol. The molecule has 0 aromatic heterocycles. The maximum atomic E-state index is 12.1. The third-order valence-electron chi connectivity index (χ3n) is 2.99. The van der Waals surface area contributed by atoms with Crippen molar-refractivity contribution in [3.63, 3.8) is 0 Å². The Morgan fingerprint density at radius 3 is 2.67 bits per heavy atom. The lowest BCUT2D eigenvalue weighted by molar-refractivity contribution is -0.133. The highest BCUT2D eigenvalue weighted by Crippen LogP contribution is 2.33. The van der Waals surface area contributed by atoms with Gasteiger partial charge in [-0.15, -0.1) is 0 Å². The zero-order valence-corrected chi connectivity index (χ0v) is 12.4. The van der Waals surface area contributed by atoms with Crippen LogP contribution in [0.4, 0.5) is 0 Å². The SMILES string of the molecule is C=C(C)COCCNC(=O)C1Oc2ccccc2OC1C. The third kappa shape index (κ3) is 4.23. The fraction of sp³-hybridized carbons (Fsp3) is 0.438. The highest BCUT2D eigenvalue weighted by Gasteiger charge is 2.33. The van der Waals surface area contributed by atoms with Gasteiger partial charge in [-0.1, -0.05) is 24.3 Å². The second-order valence-electron chi connectivity index (χ2n) is 5.11. The molecule has 21 heavy (non-hydrogen) atoms. The van der Waals surface area contributed by atoms with Gasteiger partial charge in [-0.25, -0.2) is 0 Å². The Kier molecular flexibility index (Phi) is 5.22. The number of fused-ring (bicyclic) bond motifs is 1. The molecule has 2 unspecified atom stereocenters. The van der Waals surface area contributed by atoms with Gasteiger partial charge < -0.3 is 19.5 Å². The van der Waals surface area contributed by atoms with Gasteiger partial charge in [0.2, 0.25) is 6.10 Å². The van der Waals surface area contributed by atoms with Crippen LogP contribution in [0.25, 0.3) is 0 Å². The number of hydrogen-bond acceptors (Lipinski definition) is 4. The molecule has 1 aromatic carbocycles. The second kappa shape index (κ2) is 7.13. The van der Waals surface area contributed by atoms with E-state index in [1.54, 1.807) is 6.07 Å². The minimum Gasteiger partial charge on any atom is -0.482 e. The van der Waals surface area contributed by atoms with Crippen molar-refractivity contribution in [3.8, 4) is 11.5 Å². The van der Waals surface area contributed by atoms with Crippen molar-refractivity contribution in [3.05, 3.63) is 36.4 Å². The predicted octanol–water partition coefficient (Wildman–Crippen LogP) is 1.92. The van der Waals surface area contributed by atoms with Gasteiger partial charge in [0.25, 0.3) is 5.91 Å². The quantitative estimate of drug-likeness (QED) is 0.642. The van der Waals surface area contributed by atoms with Crippen LogP contribution in [-0.2, 0) is 9.53 Å². The average Bonchev–Trinajstić information content (AvgIpc) is 2.45. The summed E-state index contributed by atoms with van der Waals surface area (Å²) in [6.07, 6.45) is -0.989. The summed E-state index contributed by atoms with van der Waals surface area (Å²) in [4.78, 5) is 12.1. The summed E-state index contributed by atoms with van der Waals surface area (Å²) in [5, 5.41) is 2.79. The smallest absolute Gasteiger partial charge is 0.265 e. The van der Waals surface area contributed by atoms with Crippen molar-refractivity contribution in [1.82, 2.24) is 5.32 Å². The van der Waals surface area contributed by atoms with E-state index in [0.29, 0.717) is 31.3 Å². The van der Waals surface area contributed by atoms with Crippen LogP contribution in [0.5, 0.6) is 11.5 Å². The molecule has 0 radical (unpaired) electrons. The Balaban J connectivity index is 1.82. The van der Waals surface area contributed by atoms with Crippen LogP contribution in [-0.4, -0.2) is 37.9 Å². The lowest BCUT2D eigenvalue weighted by Crippen LogP contribution is -2.49. The van der Waals surface area contributed by atoms with Gasteiger partial charge in [0, 0.05) is 6.54 Å². The Labute approximate surface area is 124 Å². The van der Waals surface area contributed by atoms with E-state index < -0.39 is 6.10 Å². The van der Waals surface area contributed by atoms with E-state index in [-0.39, 0.29) is 12.0 Å². The number of amides is 1. The largest absolute Gasteiger partial charge is 0.482 e. The zero-order chi connectivity index (χ0) is 15.2. The first kappa shape index (κ1) is 15.4. The summed E-state index contributed by atoms with van der Waals surface area (Å²) in [5.74, 6) is 1.06. The third-order valence-corrected chi connectivity index (χ3v) is 2.99. The molecule has 5 heteroatoms. The lowest BCUT2D eigenvalue weighted by atomic mass is 10.1. The molecule has 1 heterocycles. The van der Waals surface area contributed by atoms with Gasteiger partial charge in [0.05, 0.1) is 13.2 Å². The number of carbonyl (C=O) groups excluding carboxylic acids is 1. The molecule has 0 aliphatic carbocycles. The number of ether oxygens (including phenoxy) is 3. The highest BCUT2D eigenvalue weighted by molar-refractivity contribution is 5.82. The van der Waals surface area contributed by atoms with Crippen molar-refractivity contribution in [2.45, 2.75) is 26.1 Å². The topological polar surface area (TPSA) is 56.8 Å². The van der Waals surface area contributed by atoms with E-state index in [9.17, 15) is 4.79 Å². The van der Waals surface area contributed by atoms with Crippen LogP contribution in [0.2, 0.25) is 0 Å². The number of hydrogen-bond donors (Lipinski definition) is 1. The fourth-order valence-electron chi connectivity index (χ4n) is 2.00. The molecule has 0 saturated heterocycles. The summed E-state index contributed by atoms with van der Waals surface area (Å²) < 4.78 is 16.7. The first-order chi connectivity index (χ1) is 10.1. The van der Waals surface area contributed by atoms with Crippen LogP contribution >= 0.6 is 0 Å². The maximum absolute atomic E-state index is 12.1. The Bertz CT molecular complexity index is 515. The van der Waals surface area contributed by atoms with E-state index in [4.69, 9.17) is 14.2 Å². The molecule has 1 amide bonds. The minimum atomic E-state index is -0.652. The lowest BCUT2D eigenvalue weighted by Gasteiger charge is -2.31. The molecule has 0 bridgehead atoms. The molecule has 1 aliphatic rings. The fourth-order valence-corrected chi connectivity index (χ4v) is 2.00. The summed E-state index contributed by atoms with van der Waals surface area (Å²) >= 11 is 0. The van der Waals surface area contributed by atoms with Gasteiger partial charge in [0.1, 0.15) is 6.10 Å². The molecule has 0 saturated carbocycles. The molecule has 0 fully saturated rings. The van der Waals surface area contributed by atoms with Gasteiger partial charge in [-0.3, -0.25) is 4.79 Å². The molecule has 5 nitrogen and oxygen atoms in total. The van der Waals surface area contributed by atoms with Gasteiger partial charge >= 0.3 is 0 Å². The minimum absolute atomic E-state index is 0.198. The molecule has 1 aromatic rings. The van der Waals surface area contributed by atoms with Gasteiger partial charge in [-0.2, -0.15) is 0 Å². The van der Waals surface area contributed by atoms with E-state index in [0.717, 1.165) is 5.57 Å². The summed E-state index contributed by atoms with van der Waals surface area (Å²) in [7, 11) is 0. The molecule has 114 valence electrons. The molecule has 0 spiro atoms. The second-order valence-corrected chi connectivity index (χ2v) is 5.11. The van der Waals surface area contributed by atoms with Gasteiger partial charge in [-0.05, 0) is 26.0 Å². The summed E-state index contributed by atoms with van der Waals surface area (Å²) in [6, 6.07) is 7.33. The van der Waals surface area contributed by atoms with Crippen LogP contribution < -0.4 is 14.8 Å². The number of para-hydroxylation sites is 2. The molecule has 1 N–H and O–H groups in total. The molecular formula is C16H21NO4. The van der Waals surface area contributed by atoms with Crippen LogP contribution in [0, 0.1) is 0 Å². The number of nitrogens with one attached hydrogen (secondary N) is 1. The number of carbonyl (C=O) groups is 1. The van der Waals surface area contributed by atoms with Crippen LogP contribution in [0.1, 0.15) is 13.8 Å². The summed E-state index contributed by atoms with van der Waals surface area (Å²) in [5.41, 5.74) is 0.954. The molecular weight excluding hydrogens is 270 g/mol. The van der Waals surface area contributed by atoms with Crippen LogP contribution in [0.3, 0.4) is 0 Å². The molecule has 1 aliphatic heterocycles. The van der Waals surface area contributed by atoms with Crippen molar-refractivity contribution in [1.29, 1.82) is 0 Å². The van der Waals surface area contributed by atoms with E-state index >= 15 is 0 Å². The molecule has 2 rings (SSSR count). The van der Waals surface area contributed by atoms with Gasteiger partial charge in [0.15, 0.2) is 11.5 Å². The highest BCUT2D eigenvalue weighted by atomic mass is 16.6. The standard InChI is InChI=1S/C16H21NO4/c1-11(2)10-19-9-8-17-16(18)15-12(3)20-13-6-4-5-7-14(13)21-15/h4-7,12,15H,1,8-10H2,2-3H3,(H,17,18). The Morgan fingerprint density at radius 2 is 2.00 bits per heavy atom. The first-order valence-electron chi connectivity index (χ1n) is 7.00. The number of benzene rings is 1. The van der Waals surface area contributed by atoms with E-state index in [1.807, 2.05) is 32.0 Å². The summed E-state index contributed by atoms with van der Waals surface area (Å²) in [6.45, 7) is 8.83. The molecule has 2 atom stereocenters. The Hall–Kier alpha value is -2.01.